The molecular formula is C13H16FNO3. The smallest absolute Gasteiger partial charge is 0.305 e. The minimum absolute atomic E-state index is 0.148. The third-order valence-electron chi connectivity index (χ3n) is 2.56. The predicted octanol–water partition coefficient (Wildman–Crippen LogP) is 2.04. The summed E-state index contributed by atoms with van der Waals surface area (Å²) in [4.78, 5) is 22.3. The Bertz CT molecular complexity index is 462. The Hall–Kier alpha value is -1.91. The van der Waals surface area contributed by atoms with Crippen LogP contribution in [0.3, 0.4) is 0 Å². The third kappa shape index (κ3) is 3.55. The number of aliphatic carboxylic acids is 1. The highest BCUT2D eigenvalue weighted by atomic mass is 19.1. The molecule has 0 spiro atoms. The normalized spacial score (nSPS) is 12.0. The first-order valence-electron chi connectivity index (χ1n) is 5.60. The summed E-state index contributed by atoms with van der Waals surface area (Å²) in [5.74, 6) is -1.70. The van der Waals surface area contributed by atoms with Gasteiger partial charge >= 0.3 is 5.97 Å². The van der Waals surface area contributed by atoms with Crippen LogP contribution in [-0.2, 0) is 4.79 Å². The van der Waals surface area contributed by atoms with Crippen LogP contribution in [0.15, 0.2) is 12.1 Å². The number of hydrogen-bond acceptors (Lipinski definition) is 2. The molecule has 4 nitrogen and oxygen atoms in total. The van der Waals surface area contributed by atoms with Gasteiger partial charge < -0.3 is 10.4 Å². The van der Waals surface area contributed by atoms with Crippen LogP contribution in [0.4, 0.5) is 4.39 Å². The molecule has 1 aromatic carbocycles. The predicted molar refractivity (Wildman–Crippen MR) is 65.1 cm³/mol. The number of aryl methyl sites for hydroxylation is 2. The van der Waals surface area contributed by atoms with E-state index in [1.165, 1.54) is 12.1 Å². The number of nitrogens with one attached hydrogen (secondary N) is 1. The van der Waals surface area contributed by atoms with E-state index in [9.17, 15) is 14.0 Å². The summed E-state index contributed by atoms with van der Waals surface area (Å²) in [5, 5.41) is 11.2. The van der Waals surface area contributed by atoms with Crippen LogP contribution in [0.2, 0.25) is 0 Å². The first kappa shape index (κ1) is 14.2. The quantitative estimate of drug-likeness (QED) is 0.862. The fourth-order valence-corrected chi connectivity index (χ4v) is 1.70. The van der Waals surface area contributed by atoms with Gasteiger partial charge in [0.25, 0.3) is 5.91 Å². The van der Waals surface area contributed by atoms with Gasteiger partial charge in [0.2, 0.25) is 0 Å². The molecule has 0 radical (unpaired) electrons. The number of halogens is 1. The van der Waals surface area contributed by atoms with E-state index in [-0.39, 0.29) is 12.2 Å². The van der Waals surface area contributed by atoms with Crippen LogP contribution in [0.5, 0.6) is 0 Å². The van der Waals surface area contributed by atoms with E-state index in [1.54, 1.807) is 20.8 Å². The summed E-state index contributed by atoms with van der Waals surface area (Å²) >= 11 is 0. The summed E-state index contributed by atoms with van der Waals surface area (Å²) < 4.78 is 13.4. The molecule has 1 amide bonds. The van der Waals surface area contributed by atoms with Gasteiger partial charge in [-0.1, -0.05) is 0 Å². The Balaban J connectivity index is 2.82. The van der Waals surface area contributed by atoms with Crippen LogP contribution < -0.4 is 5.32 Å². The number of carboxylic acids is 1. The monoisotopic (exact) mass is 253 g/mol. The van der Waals surface area contributed by atoms with Gasteiger partial charge in [-0.25, -0.2) is 4.39 Å². The topological polar surface area (TPSA) is 66.4 Å². The van der Waals surface area contributed by atoms with Crippen molar-refractivity contribution in [2.75, 3.05) is 0 Å². The lowest BCUT2D eigenvalue weighted by atomic mass is 10.1. The van der Waals surface area contributed by atoms with Crippen molar-refractivity contribution in [3.63, 3.8) is 0 Å². The van der Waals surface area contributed by atoms with Gasteiger partial charge in [-0.2, -0.15) is 0 Å². The van der Waals surface area contributed by atoms with E-state index in [2.05, 4.69) is 5.32 Å². The van der Waals surface area contributed by atoms with E-state index in [1.807, 2.05) is 0 Å². The molecule has 5 heteroatoms. The summed E-state index contributed by atoms with van der Waals surface area (Å²) in [6, 6.07) is 2.43. The maximum Gasteiger partial charge on any atom is 0.305 e. The van der Waals surface area contributed by atoms with E-state index in [0.717, 1.165) is 0 Å². The van der Waals surface area contributed by atoms with Gasteiger partial charge in [0, 0.05) is 11.6 Å². The molecule has 0 aliphatic carbocycles. The van der Waals surface area contributed by atoms with Crippen LogP contribution >= 0.6 is 0 Å². The maximum atomic E-state index is 13.4. The number of carbonyl (C=O) groups is 2. The van der Waals surface area contributed by atoms with Crippen molar-refractivity contribution in [3.8, 4) is 0 Å². The number of carboxylic acid groups (broad SMARTS) is 1. The summed E-state index contributed by atoms with van der Waals surface area (Å²) in [6.07, 6.45) is -0.148. The molecule has 2 N–H and O–H groups in total. The number of amides is 1. The van der Waals surface area contributed by atoms with E-state index >= 15 is 0 Å². The van der Waals surface area contributed by atoms with Crippen molar-refractivity contribution in [2.24, 2.45) is 0 Å². The Labute approximate surface area is 105 Å². The average Bonchev–Trinajstić information content (AvgIpc) is 2.23. The Morgan fingerprint density at radius 2 is 1.83 bits per heavy atom. The molecule has 0 bridgehead atoms. The number of benzene rings is 1. The largest absolute Gasteiger partial charge is 0.481 e. The Morgan fingerprint density at radius 3 is 2.28 bits per heavy atom. The summed E-state index contributed by atoms with van der Waals surface area (Å²) in [5.41, 5.74) is 1.13. The van der Waals surface area contributed by atoms with Crippen molar-refractivity contribution in [1.82, 2.24) is 5.32 Å². The van der Waals surface area contributed by atoms with Crippen LogP contribution in [0.25, 0.3) is 0 Å². The lowest BCUT2D eigenvalue weighted by Gasteiger charge is -2.12. The van der Waals surface area contributed by atoms with Crippen LogP contribution in [0.1, 0.15) is 34.8 Å². The molecule has 0 saturated carbocycles. The zero-order chi connectivity index (χ0) is 13.9. The van der Waals surface area contributed by atoms with Crippen LogP contribution in [-0.4, -0.2) is 23.0 Å². The van der Waals surface area contributed by atoms with E-state index in [0.29, 0.717) is 16.7 Å². The molecule has 1 aromatic rings. The Morgan fingerprint density at radius 1 is 1.33 bits per heavy atom. The fraction of sp³-hybridized carbons (Fsp3) is 0.385. The van der Waals surface area contributed by atoms with Gasteiger partial charge in [-0.15, -0.1) is 0 Å². The highest BCUT2D eigenvalue weighted by Gasteiger charge is 2.14. The summed E-state index contributed by atoms with van der Waals surface area (Å²) in [6.45, 7) is 4.77. The third-order valence-corrected chi connectivity index (χ3v) is 2.56. The SMILES string of the molecule is Cc1cc(C(=O)NC(C)CC(=O)O)cc(C)c1F. The minimum Gasteiger partial charge on any atom is -0.481 e. The van der Waals surface area contributed by atoms with Gasteiger partial charge in [0.1, 0.15) is 5.82 Å². The molecule has 98 valence electrons. The second-order valence-electron chi connectivity index (χ2n) is 4.40. The number of carbonyl (C=O) groups excluding carboxylic acids is 1. The summed E-state index contributed by atoms with van der Waals surface area (Å²) in [7, 11) is 0. The van der Waals surface area contributed by atoms with Crippen molar-refractivity contribution >= 4 is 11.9 Å². The molecule has 0 aliphatic heterocycles. The van der Waals surface area contributed by atoms with Gasteiger partial charge in [0.05, 0.1) is 6.42 Å². The van der Waals surface area contributed by atoms with Crippen molar-refractivity contribution in [3.05, 3.63) is 34.6 Å². The lowest BCUT2D eigenvalue weighted by molar-refractivity contribution is -0.137. The molecule has 1 unspecified atom stereocenters. The second kappa shape index (κ2) is 5.62. The van der Waals surface area contributed by atoms with Gasteiger partial charge in [0.15, 0.2) is 0 Å². The fourth-order valence-electron chi connectivity index (χ4n) is 1.70. The molecule has 1 rings (SSSR count). The van der Waals surface area contributed by atoms with Gasteiger partial charge in [-0.3, -0.25) is 9.59 Å². The standard InChI is InChI=1S/C13H16FNO3/c1-7-4-10(5-8(2)12(7)14)13(18)15-9(3)6-11(16)17/h4-5,9H,6H2,1-3H3,(H,15,18)(H,16,17). The highest BCUT2D eigenvalue weighted by Crippen LogP contribution is 2.14. The lowest BCUT2D eigenvalue weighted by Crippen LogP contribution is -2.34. The molecule has 0 aromatic heterocycles. The van der Waals surface area contributed by atoms with E-state index < -0.39 is 17.9 Å². The van der Waals surface area contributed by atoms with E-state index in [4.69, 9.17) is 5.11 Å². The second-order valence-corrected chi connectivity index (χ2v) is 4.40. The zero-order valence-corrected chi connectivity index (χ0v) is 10.6. The molecule has 18 heavy (non-hydrogen) atoms. The maximum absolute atomic E-state index is 13.4. The first-order chi connectivity index (χ1) is 8.31. The molecule has 0 heterocycles. The van der Waals surface area contributed by atoms with Crippen LogP contribution in [0, 0.1) is 19.7 Å². The number of hydrogen-bond donors (Lipinski definition) is 2. The Kier molecular flexibility index (Phi) is 4.42. The molecule has 0 fully saturated rings. The molecule has 0 saturated heterocycles. The minimum atomic E-state index is -0.978. The first-order valence-corrected chi connectivity index (χ1v) is 5.60. The number of rotatable bonds is 4. The van der Waals surface area contributed by atoms with Crippen molar-refractivity contribution < 1.29 is 19.1 Å². The zero-order valence-electron chi connectivity index (χ0n) is 10.6. The molecule has 0 aliphatic rings. The average molecular weight is 253 g/mol. The van der Waals surface area contributed by atoms with Crippen molar-refractivity contribution in [1.29, 1.82) is 0 Å². The van der Waals surface area contributed by atoms with Gasteiger partial charge in [-0.05, 0) is 44.0 Å². The molecular weight excluding hydrogens is 237 g/mol. The highest BCUT2D eigenvalue weighted by molar-refractivity contribution is 5.95. The molecule has 1 atom stereocenters. The van der Waals surface area contributed by atoms with Crippen molar-refractivity contribution in [2.45, 2.75) is 33.2 Å².